The van der Waals surface area contributed by atoms with Crippen molar-refractivity contribution in [2.24, 2.45) is 11.8 Å². The van der Waals surface area contributed by atoms with Crippen LogP contribution in [0.2, 0.25) is 0 Å². The number of nitrogens with zero attached hydrogens (tertiary/aromatic N) is 3. The van der Waals surface area contributed by atoms with E-state index in [1.165, 1.54) is 27.6 Å². The van der Waals surface area contributed by atoms with E-state index in [0.717, 1.165) is 18.0 Å². The van der Waals surface area contributed by atoms with Gasteiger partial charge >= 0.3 is 0 Å². The van der Waals surface area contributed by atoms with Gasteiger partial charge in [0.25, 0.3) is 11.8 Å². The van der Waals surface area contributed by atoms with E-state index in [2.05, 4.69) is 47.4 Å². The number of imide groups is 1. The number of nitrogens with two attached hydrogens (primary N) is 1. The SMILES string of the molecule is CN1CC(CN2CC(=O)N(N)C(=O)C2)C=C2c3cccc4[nH]cc(c34)C[C@H]21. The van der Waals surface area contributed by atoms with Crippen LogP contribution < -0.4 is 5.84 Å². The van der Waals surface area contributed by atoms with Crippen LogP contribution in [0.1, 0.15) is 11.1 Å². The molecule has 1 aliphatic carbocycles. The Morgan fingerprint density at radius 2 is 2.00 bits per heavy atom. The third-order valence-corrected chi connectivity index (χ3v) is 6.09. The number of likely N-dealkylation sites (N-methyl/N-ethyl adjacent to an activating group) is 1. The average molecular weight is 365 g/mol. The molecule has 0 saturated carbocycles. The lowest BCUT2D eigenvalue weighted by Gasteiger charge is -2.41. The van der Waals surface area contributed by atoms with Gasteiger partial charge in [-0.3, -0.25) is 19.4 Å². The molecule has 0 spiro atoms. The van der Waals surface area contributed by atoms with Crippen molar-refractivity contribution in [2.75, 3.05) is 33.2 Å². The number of aromatic amines is 1. The van der Waals surface area contributed by atoms with Crippen molar-refractivity contribution in [3.05, 3.63) is 41.6 Å². The van der Waals surface area contributed by atoms with Crippen LogP contribution in [0.4, 0.5) is 0 Å². The maximum atomic E-state index is 11.9. The molecule has 2 amide bonds. The molecule has 2 atom stereocenters. The quantitative estimate of drug-likeness (QED) is 0.462. The van der Waals surface area contributed by atoms with E-state index in [-0.39, 0.29) is 30.8 Å². The molecule has 5 rings (SSSR count). The molecule has 7 heteroatoms. The highest BCUT2D eigenvalue weighted by atomic mass is 16.2. The fourth-order valence-corrected chi connectivity index (χ4v) is 4.85. The summed E-state index contributed by atoms with van der Waals surface area (Å²) in [6.07, 6.45) is 5.50. The van der Waals surface area contributed by atoms with Gasteiger partial charge in [-0.05, 0) is 36.2 Å². The fourth-order valence-electron chi connectivity index (χ4n) is 4.85. The number of rotatable bonds is 2. The van der Waals surface area contributed by atoms with E-state index in [4.69, 9.17) is 5.84 Å². The summed E-state index contributed by atoms with van der Waals surface area (Å²) in [6, 6.07) is 6.80. The summed E-state index contributed by atoms with van der Waals surface area (Å²) in [5, 5.41) is 2.07. The monoisotopic (exact) mass is 365 g/mol. The van der Waals surface area contributed by atoms with E-state index < -0.39 is 0 Å². The molecule has 3 aliphatic rings. The Hall–Kier alpha value is -2.48. The Balaban J connectivity index is 1.46. The molecule has 1 fully saturated rings. The first-order valence-corrected chi connectivity index (χ1v) is 9.35. The second-order valence-electron chi connectivity index (χ2n) is 7.91. The molecule has 0 radical (unpaired) electrons. The van der Waals surface area contributed by atoms with Gasteiger partial charge in [-0.15, -0.1) is 0 Å². The van der Waals surface area contributed by atoms with Gasteiger partial charge in [0.15, 0.2) is 0 Å². The minimum Gasteiger partial charge on any atom is -0.361 e. The van der Waals surface area contributed by atoms with E-state index in [1.54, 1.807) is 0 Å². The Labute approximate surface area is 157 Å². The third kappa shape index (κ3) is 2.62. The number of aromatic nitrogens is 1. The lowest BCUT2D eigenvalue weighted by Crippen LogP contribution is -2.58. The molecule has 7 nitrogen and oxygen atoms in total. The number of hydrazine groups is 1. The molecule has 2 aliphatic heterocycles. The van der Waals surface area contributed by atoms with Crippen molar-refractivity contribution in [3.63, 3.8) is 0 Å². The van der Waals surface area contributed by atoms with Crippen molar-refractivity contribution in [3.8, 4) is 0 Å². The molecule has 1 unspecified atom stereocenters. The predicted octanol–water partition coefficient (Wildman–Crippen LogP) is 0.582. The number of amides is 2. The van der Waals surface area contributed by atoms with Gasteiger partial charge in [0.05, 0.1) is 13.1 Å². The van der Waals surface area contributed by atoms with Gasteiger partial charge < -0.3 is 4.98 Å². The van der Waals surface area contributed by atoms with Crippen LogP contribution in [0.3, 0.4) is 0 Å². The van der Waals surface area contributed by atoms with Crippen molar-refractivity contribution in [1.82, 2.24) is 19.8 Å². The van der Waals surface area contributed by atoms with E-state index in [1.807, 2.05) is 4.90 Å². The zero-order valence-corrected chi connectivity index (χ0v) is 15.3. The number of piperazine rings is 1. The molecular weight excluding hydrogens is 342 g/mol. The third-order valence-electron chi connectivity index (χ3n) is 6.09. The summed E-state index contributed by atoms with van der Waals surface area (Å²) in [4.78, 5) is 31.5. The number of hydrogen-bond acceptors (Lipinski definition) is 5. The van der Waals surface area contributed by atoms with Crippen LogP contribution in [0.5, 0.6) is 0 Å². The second kappa shape index (κ2) is 6.02. The molecule has 27 heavy (non-hydrogen) atoms. The summed E-state index contributed by atoms with van der Waals surface area (Å²) in [5.41, 5.74) is 5.22. The van der Waals surface area contributed by atoms with E-state index >= 15 is 0 Å². The zero-order chi connectivity index (χ0) is 18.7. The van der Waals surface area contributed by atoms with Gasteiger partial charge in [-0.25, -0.2) is 10.9 Å². The lowest BCUT2D eigenvalue weighted by molar-refractivity contribution is -0.151. The molecule has 2 aromatic rings. The van der Waals surface area contributed by atoms with E-state index in [9.17, 15) is 9.59 Å². The standard InChI is InChI=1S/C20H23N5O2/c1-23-8-12(9-24-10-18(26)25(21)19(27)11-24)5-15-14-3-2-4-16-20(14)13(7-22-16)6-17(15)23/h2-5,7,12,17,22H,6,8-11,21H2,1H3/t12?,17-/m1/s1. The number of carbonyl (C=O) groups excluding carboxylic acids is 2. The van der Waals surface area contributed by atoms with Crippen LogP contribution in [-0.4, -0.2) is 70.9 Å². The van der Waals surface area contributed by atoms with Gasteiger partial charge in [-0.2, -0.15) is 0 Å². The highest BCUT2D eigenvalue weighted by Gasteiger charge is 2.35. The average Bonchev–Trinajstić information content (AvgIpc) is 3.05. The van der Waals surface area contributed by atoms with Crippen molar-refractivity contribution in [1.29, 1.82) is 0 Å². The highest BCUT2D eigenvalue weighted by molar-refractivity contribution is 5.99. The first-order chi connectivity index (χ1) is 13.0. The number of fused-ring (bicyclic) bond motifs is 2. The fraction of sp³-hybridized carbons (Fsp3) is 0.400. The minimum atomic E-state index is -0.333. The maximum absolute atomic E-state index is 11.9. The van der Waals surface area contributed by atoms with Crippen LogP contribution in [0, 0.1) is 5.92 Å². The number of carbonyl (C=O) groups is 2. The lowest BCUT2D eigenvalue weighted by atomic mass is 9.80. The topological polar surface area (TPSA) is 85.7 Å². The Morgan fingerprint density at radius 3 is 2.78 bits per heavy atom. The Bertz CT molecular complexity index is 960. The van der Waals surface area contributed by atoms with Gasteiger partial charge in [0.1, 0.15) is 0 Å². The second-order valence-corrected chi connectivity index (χ2v) is 7.91. The molecule has 0 bridgehead atoms. The summed E-state index contributed by atoms with van der Waals surface area (Å²) >= 11 is 0. The molecule has 1 aromatic heterocycles. The smallest absolute Gasteiger partial charge is 0.257 e. The zero-order valence-electron chi connectivity index (χ0n) is 15.3. The normalized spacial score (nSPS) is 26.4. The van der Waals surface area contributed by atoms with Crippen molar-refractivity contribution < 1.29 is 9.59 Å². The molecule has 3 N–H and O–H groups in total. The number of nitrogens with one attached hydrogen (secondary N) is 1. The van der Waals surface area contributed by atoms with Crippen LogP contribution >= 0.6 is 0 Å². The molecule has 1 saturated heterocycles. The highest BCUT2D eigenvalue weighted by Crippen LogP contribution is 2.40. The summed E-state index contributed by atoms with van der Waals surface area (Å²) in [6.45, 7) is 2.00. The molecular formula is C20H23N5O2. The summed E-state index contributed by atoms with van der Waals surface area (Å²) in [7, 11) is 2.16. The van der Waals surface area contributed by atoms with Gasteiger partial charge in [0, 0.05) is 42.1 Å². The van der Waals surface area contributed by atoms with Crippen LogP contribution in [0.15, 0.2) is 30.5 Å². The number of hydrogen-bond donors (Lipinski definition) is 2. The minimum absolute atomic E-state index is 0.201. The first-order valence-electron chi connectivity index (χ1n) is 9.35. The summed E-state index contributed by atoms with van der Waals surface area (Å²) < 4.78 is 0. The molecule has 3 heterocycles. The van der Waals surface area contributed by atoms with Crippen LogP contribution in [-0.2, 0) is 16.0 Å². The van der Waals surface area contributed by atoms with Crippen LogP contribution in [0.25, 0.3) is 16.5 Å². The Kier molecular flexibility index (Phi) is 3.72. The van der Waals surface area contributed by atoms with Crippen molar-refractivity contribution >= 4 is 28.3 Å². The summed E-state index contributed by atoms with van der Waals surface area (Å²) in [5.74, 6) is 5.09. The van der Waals surface area contributed by atoms with Gasteiger partial charge in [0.2, 0.25) is 0 Å². The predicted molar refractivity (Wildman–Crippen MR) is 102 cm³/mol. The van der Waals surface area contributed by atoms with E-state index in [0.29, 0.717) is 12.6 Å². The number of benzene rings is 1. The first kappa shape index (κ1) is 16.7. The molecule has 140 valence electrons. The number of H-pyrrole nitrogens is 1. The van der Waals surface area contributed by atoms with Crippen molar-refractivity contribution in [2.45, 2.75) is 12.5 Å². The largest absolute Gasteiger partial charge is 0.361 e. The maximum Gasteiger partial charge on any atom is 0.257 e. The van der Waals surface area contributed by atoms with Gasteiger partial charge in [-0.1, -0.05) is 18.2 Å². The Morgan fingerprint density at radius 1 is 1.22 bits per heavy atom. The molecule has 1 aromatic carbocycles.